The van der Waals surface area contributed by atoms with Gasteiger partial charge in [-0.1, -0.05) is 0 Å². The normalized spacial score (nSPS) is 2.60. The van der Waals surface area contributed by atoms with Gasteiger partial charge in [-0.15, -0.1) is 0 Å². The van der Waals surface area contributed by atoms with Crippen molar-refractivity contribution in [3.8, 4) is 0 Å². The molecule has 0 aromatic rings. The molecule has 5 heteroatoms. The van der Waals surface area contributed by atoms with E-state index in [2.05, 4.69) is 0 Å². The van der Waals surface area contributed by atoms with Crippen molar-refractivity contribution in [2.75, 3.05) is 0 Å². The molecule has 0 radical (unpaired) electrons. The molecule has 0 amide bonds. The molecule has 0 aromatic heterocycles. The van der Waals surface area contributed by atoms with E-state index in [1.807, 2.05) is 0 Å². The fourth-order valence-electron chi connectivity index (χ4n) is 0. The zero-order valence-electron chi connectivity index (χ0n) is 3.60. The van der Waals surface area contributed by atoms with Crippen LogP contribution in [0.5, 0.6) is 0 Å². The molecule has 0 spiro atoms. The molecule has 5 heavy (non-hydrogen) atoms. The van der Waals surface area contributed by atoms with Gasteiger partial charge in [-0.25, -0.2) is 0 Å². The van der Waals surface area contributed by atoms with Gasteiger partial charge in [-0.2, -0.15) is 0 Å². The van der Waals surface area contributed by atoms with Crippen molar-refractivity contribution in [2.24, 2.45) is 0 Å². The van der Waals surface area contributed by atoms with Crippen LogP contribution in [0.1, 0.15) is 0 Å². The molecule has 28 valence electrons. The fourth-order valence-corrected chi connectivity index (χ4v) is 0. The van der Waals surface area contributed by atoms with E-state index in [4.69, 9.17) is 8.55 Å². The van der Waals surface area contributed by atoms with Crippen molar-refractivity contribution in [3.05, 3.63) is 0 Å². The van der Waals surface area contributed by atoms with Crippen LogP contribution in [0.4, 0.5) is 0 Å². The molecule has 0 rings (SSSR count). The van der Waals surface area contributed by atoms with Crippen LogP contribution in [0.3, 0.4) is 0 Å². The number of hydrogen-bond acceptors (Lipinski definition) is 2. The van der Waals surface area contributed by atoms with Crippen molar-refractivity contribution < 1.29 is 13.1 Å². The molecule has 0 bridgehead atoms. The molecule has 0 aliphatic carbocycles. The standard InChI is InChI=1S/2Al.H2O.2O.2H/h;;1H2;;;;/i;;;;;1+1;. The van der Waals surface area contributed by atoms with Crippen molar-refractivity contribution in [1.82, 2.24) is 0 Å². The van der Waals surface area contributed by atoms with Gasteiger partial charge >= 0.3 is 40.9 Å². The van der Waals surface area contributed by atoms with Gasteiger partial charge in [-0.3, -0.25) is 0 Å². The molecular weight excluding hydrogens is 102 g/mol. The summed E-state index contributed by atoms with van der Waals surface area (Å²) in [5.41, 5.74) is 0. The Morgan fingerprint density at radius 1 is 1.40 bits per heavy atom. The minimum atomic E-state index is -1.25. The van der Waals surface area contributed by atoms with Gasteiger partial charge in [-0.05, 0) is 0 Å². The molecule has 3 nitrogen and oxygen atoms in total. The van der Waals surface area contributed by atoms with Gasteiger partial charge in [0.1, 0.15) is 0 Å². The van der Waals surface area contributed by atoms with Gasteiger partial charge in [0.05, 0.1) is 0 Å². The quantitative estimate of drug-likeness (QED) is 0.325. The summed E-state index contributed by atoms with van der Waals surface area (Å²) in [4.78, 5) is 0. The first-order chi connectivity index (χ1) is 2.41. The third-order valence-corrected chi connectivity index (χ3v) is 0. The Hall–Kier alpha value is 0.625. The third-order valence-electron chi connectivity index (χ3n) is 0. The predicted molar refractivity (Wildman–Crippen MR) is 19.3 cm³/mol. The van der Waals surface area contributed by atoms with Crippen LogP contribution < -0.4 is 0 Å². The molecule has 0 saturated carbocycles. The van der Waals surface area contributed by atoms with Crippen molar-refractivity contribution in [2.45, 2.75) is 0 Å². The summed E-state index contributed by atoms with van der Waals surface area (Å²) in [6.45, 7) is 0. The Kier molecular flexibility index (Phi) is 285. The van der Waals surface area contributed by atoms with Crippen LogP contribution in [-0.2, 0) is 7.61 Å². The molecule has 0 aliphatic heterocycles. The van der Waals surface area contributed by atoms with Gasteiger partial charge in [0.2, 0.25) is 0 Å². The monoisotopic (exact) mass is 107 g/mol. The van der Waals surface area contributed by atoms with E-state index in [1.165, 1.54) is 0 Å². The predicted octanol–water partition coefficient (Wildman–Crippen LogP) is -2.36. The average molecular weight is 107 g/mol. The van der Waals surface area contributed by atoms with Crippen LogP contribution in [0.15, 0.2) is 0 Å². The van der Waals surface area contributed by atoms with E-state index in [0.717, 1.165) is 0 Å². The summed E-state index contributed by atoms with van der Waals surface area (Å²) in [5, 5.41) is 0. The van der Waals surface area contributed by atoms with Gasteiger partial charge < -0.3 is 5.48 Å². The molecule has 0 heterocycles. The second-order valence-corrected chi connectivity index (χ2v) is 0. The number of hydrogen-bond donors (Lipinski definition) is 0. The van der Waals surface area contributed by atoms with E-state index in [-0.39, 0.29) is 5.48 Å². The molecule has 0 aromatic carbocycles. The summed E-state index contributed by atoms with van der Waals surface area (Å²) in [7, 11) is 0. The van der Waals surface area contributed by atoms with Crippen molar-refractivity contribution >= 4 is 32.3 Å². The molecule has 0 saturated heterocycles. The van der Waals surface area contributed by atoms with Crippen LogP contribution in [-0.4, -0.2) is 38.7 Å². The molecular formula is H4Al2O3. The number of rotatable bonds is 0. The summed E-state index contributed by atoms with van der Waals surface area (Å²) in [6.07, 6.45) is 0. The van der Waals surface area contributed by atoms with Crippen LogP contribution in [0.2, 0.25) is 0 Å². The Morgan fingerprint density at radius 2 is 1.40 bits per heavy atom. The molecule has 0 fully saturated rings. The van der Waals surface area contributed by atoms with Crippen molar-refractivity contribution in [3.63, 3.8) is 0 Å². The molecule has 0 unspecified atom stereocenters. The first-order valence-electron chi connectivity index (χ1n) is 1.10. The van der Waals surface area contributed by atoms with E-state index in [9.17, 15) is 0 Å². The van der Waals surface area contributed by atoms with E-state index < -0.39 is 16.1 Å². The molecule has 0 atom stereocenters. The van der Waals surface area contributed by atoms with Crippen LogP contribution in [0.25, 0.3) is 0 Å². The molecule has 2 N–H and O–H groups in total. The second kappa shape index (κ2) is 156. The maximum atomic E-state index is 8.68. The fraction of sp³-hybridized carbons (Fsp3) is 0. The van der Waals surface area contributed by atoms with Crippen LogP contribution in [0, 0.1) is 0 Å². The van der Waals surface area contributed by atoms with E-state index in [0.29, 0.717) is 16.2 Å². The van der Waals surface area contributed by atoms with Gasteiger partial charge in [0, 0.05) is 0 Å². The summed E-state index contributed by atoms with van der Waals surface area (Å²) >= 11 is -0.639. The molecule has 0 aliphatic rings. The Labute approximate surface area is 46.8 Å². The van der Waals surface area contributed by atoms with Gasteiger partial charge in [0.15, 0.2) is 0 Å². The Balaban J connectivity index is -0.0000000275. The summed E-state index contributed by atoms with van der Waals surface area (Å²) in [5.74, 6) is 0. The van der Waals surface area contributed by atoms with E-state index in [1.54, 1.807) is 0 Å². The summed E-state index contributed by atoms with van der Waals surface area (Å²) in [6, 6.07) is 0. The first-order valence-corrected chi connectivity index (χ1v) is 1.57. The SMILES string of the molecule is O.[2H][Al]=[O].[O]=[AlH]. The maximum absolute atomic E-state index is 8.68. The second-order valence-electron chi connectivity index (χ2n) is 0. The van der Waals surface area contributed by atoms with Crippen LogP contribution >= 0.6 is 0 Å². The summed E-state index contributed by atoms with van der Waals surface area (Å²) < 4.78 is 22.7. The Morgan fingerprint density at radius 3 is 1.40 bits per heavy atom. The topological polar surface area (TPSA) is 65.6 Å². The third kappa shape index (κ3) is 81.6. The zero-order valence-corrected chi connectivity index (χ0v) is 5.17. The average Bonchev–Trinajstić information content (AvgIpc) is 1.46. The van der Waals surface area contributed by atoms with Gasteiger partial charge in [0.25, 0.3) is 0 Å². The van der Waals surface area contributed by atoms with Crippen molar-refractivity contribution in [1.29, 1.82) is 0.939 Å². The minimum absolute atomic E-state index is 0. The Bertz CT molecular complexity index is 22.8. The van der Waals surface area contributed by atoms with E-state index >= 15 is 0 Å². The zero-order chi connectivity index (χ0) is 4.71. The first kappa shape index (κ1) is 9.16.